The highest BCUT2D eigenvalue weighted by atomic mass is 79.9. The number of benzene rings is 1. The van der Waals surface area contributed by atoms with Crippen molar-refractivity contribution >= 4 is 27.5 Å². The van der Waals surface area contributed by atoms with Gasteiger partial charge in [0.15, 0.2) is 0 Å². The van der Waals surface area contributed by atoms with Crippen LogP contribution in [0.1, 0.15) is 19.3 Å². The molecule has 1 aromatic carbocycles. The monoisotopic (exact) mass is 278 g/mol. The number of nitrogens with zero attached hydrogens (tertiary/aromatic N) is 1. The summed E-state index contributed by atoms with van der Waals surface area (Å²) in [4.78, 5) is 11.9. The Balaban J connectivity index is 2.14. The highest BCUT2D eigenvalue weighted by Gasteiger charge is 2.44. The van der Waals surface area contributed by atoms with Gasteiger partial charge >= 0.3 is 0 Å². The van der Waals surface area contributed by atoms with Crippen LogP contribution < -0.4 is 5.32 Å². The van der Waals surface area contributed by atoms with E-state index < -0.39 is 5.41 Å². The van der Waals surface area contributed by atoms with E-state index in [0.717, 1.165) is 10.9 Å². The topological polar surface area (TPSA) is 52.9 Å². The van der Waals surface area contributed by atoms with Gasteiger partial charge < -0.3 is 5.32 Å². The lowest BCUT2D eigenvalue weighted by Gasteiger charge is -2.33. The van der Waals surface area contributed by atoms with Crippen LogP contribution in [0.4, 0.5) is 5.69 Å². The Hall–Kier alpha value is -1.34. The Labute approximate surface area is 103 Å². The molecule has 0 atom stereocenters. The van der Waals surface area contributed by atoms with Gasteiger partial charge in [0.1, 0.15) is 5.41 Å². The molecule has 0 aromatic heterocycles. The Morgan fingerprint density at radius 3 is 2.62 bits per heavy atom. The summed E-state index contributed by atoms with van der Waals surface area (Å²) in [7, 11) is 0. The lowest BCUT2D eigenvalue weighted by Crippen LogP contribution is -2.40. The molecule has 0 saturated heterocycles. The summed E-state index contributed by atoms with van der Waals surface area (Å²) in [6.07, 6.45) is 2.29. The molecule has 1 saturated carbocycles. The van der Waals surface area contributed by atoms with Crippen LogP contribution >= 0.6 is 15.9 Å². The van der Waals surface area contributed by atoms with Crippen molar-refractivity contribution in [3.05, 3.63) is 28.7 Å². The van der Waals surface area contributed by atoms with Crippen molar-refractivity contribution in [1.82, 2.24) is 0 Å². The molecule has 82 valence electrons. The van der Waals surface area contributed by atoms with E-state index in [0.29, 0.717) is 18.5 Å². The number of para-hydroxylation sites is 1. The van der Waals surface area contributed by atoms with E-state index >= 15 is 0 Å². The Morgan fingerprint density at radius 1 is 1.44 bits per heavy atom. The predicted octanol–water partition coefficient (Wildman–Crippen LogP) is 3.08. The smallest absolute Gasteiger partial charge is 0.244 e. The summed E-state index contributed by atoms with van der Waals surface area (Å²) in [6.45, 7) is 0. The number of carbonyl (C=O) groups is 1. The second kappa shape index (κ2) is 4.26. The first-order valence-corrected chi connectivity index (χ1v) is 5.94. The largest absolute Gasteiger partial charge is 0.324 e. The van der Waals surface area contributed by atoms with Crippen molar-refractivity contribution in [2.45, 2.75) is 19.3 Å². The molecule has 1 N–H and O–H groups in total. The van der Waals surface area contributed by atoms with Crippen molar-refractivity contribution < 1.29 is 4.79 Å². The summed E-state index contributed by atoms with van der Waals surface area (Å²) in [6, 6.07) is 9.52. The van der Waals surface area contributed by atoms with E-state index in [1.165, 1.54) is 0 Å². The molecular weight excluding hydrogens is 268 g/mol. The molecule has 1 aromatic rings. The van der Waals surface area contributed by atoms with Gasteiger partial charge in [-0.25, -0.2) is 0 Å². The molecule has 1 fully saturated rings. The maximum Gasteiger partial charge on any atom is 0.244 e. The fourth-order valence-electron chi connectivity index (χ4n) is 1.72. The summed E-state index contributed by atoms with van der Waals surface area (Å²) in [5, 5.41) is 11.8. The van der Waals surface area contributed by atoms with Crippen molar-refractivity contribution in [3.8, 4) is 6.07 Å². The number of anilines is 1. The summed E-state index contributed by atoms with van der Waals surface area (Å²) in [5.41, 5.74) is -0.0797. The number of rotatable bonds is 2. The number of carbonyl (C=O) groups excluding carboxylic acids is 1. The number of halogens is 1. The molecule has 3 nitrogen and oxygen atoms in total. The first-order chi connectivity index (χ1) is 7.68. The number of nitriles is 1. The van der Waals surface area contributed by atoms with Crippen molar-refractivity contribution in [2.75, 3.05) is 5.32 Å². The SMILES string of the molecule is N#CC1(C(=O)Nc2ccccc2Br)CCC1. The molecule has 1 amide bonds. The molecule has 0 unspecified atom stereocenters. The predicted molar refractivity (Wildman–Crippen MR) is 64.7 cm³/mol. The van der Waals surface area contributed by atoms with Gasteiger partial charge in [0.2, 0.25) is 5.91 Å². The van der Waals surface area contributed by atoms with Crippen molar-refractivity contribution in [1.29, 1.82) is 5.26 Å². The Morgan fingerprint density at radius 2 is 2.12 bits per heavy atom. The van der Waals surface area contributed by atoms with E-state index in [1.54, 1.807) is 0 Å². The molecule has 0 aliphatic heterocycles. The number of amides is 1. The van der Waals surface area contributed by atoms with Crippen LogP contribution in [0.2, 0.25) is 0 Å². The first kappa shape index (κ1) is 11.2. The lowest BCUT2D eigenvalue weighted by atomic mass is 9.69. The molecule has 0 bridgehead atoms. The average molecular weight is 279 g/mol. The van der Waals surface area contributed by atoms with E-state index in [9.17, 15) is 4.79 Å². The lowest BCUT2D eigenvalue weighted by molar-refractivity contribution is -0.126. The van der Waals surface area contributed by atoms with E-state index in [1.807, 2.05) is 24.3 Å². The van der Waals surface area contributed by atoms with Gasteiger partial charge in [0.05, 0.1) is 11.8 Å². The van der Waals surface area contributed by atoms with Gasteiger partial charge in [-0.05, 0) is 47.3 Å². The third-order valence-corrected chi connectivity index (χ3v) is 3.67. The van der Waals surface area contributed by atoms with Crippen LogP contribution in [0.3, 0.4) is 0 Å². The zero-order valence-electron chi connectivity index (χ0n) is 8.66. The van der Waals surface area contributed by atoms with E-state index in [-0.39, 0.29) is 5.91 Å². The van der Waals surface area contributed by atoms with E-state index in [4.69, 9.17) is 5.26 Å². The molecule has 2 rings (SSSR count). The van der Waals surface area contributed by atoms with Crippen LogP contribution in [0.25, 0.3) is 0 Å². The van der Waals surface area contributed by atoms with Crippen LogP contribution in [-0.4, -0.2) is 5.91 Å². The van der Waals surface area contributed by atoms with Gasteiger partial charge in [-0.2, -0.15) is 5.26 Å². The van der Waals surface area contributed by atoms with Crippen molar-refractivity contribution in [3.63, 3.8) is 0 Å². The Bertz CT molecular complexity index is 460. The Kier molecular flexibility index (Phi) is 2.97. The van der Waals surface area contributed by atoms with Crippen LogP contribution in [0.15, 0.2) is 28.7 Å². The molecule has 1 aliphatic rings. The minimum absolute atomic E-state index is 0.187. The van der Waals surface area contributed by atoms with Crippen LogP contribution in [0.5, 0.6) is 0 Å². The fraction of sp³-hybridized carbons (Fsp3) is 0.333. The van der Waals surface area contributed by atoms with Gasteiger partial charge in [0, 0.05) is 4.47 Å². The summed E-state index contributed by atoms with van der Waals surface area (Å²) in [5.74, 6) is -0.187. The van der Waals surface area contributed by atoms with Gasteiger partial charge in [-0.1, -0.05) is 12.1 Å². The highest BCUT2D eigenvalue weighted by Crippen LogP contribution is 2.41. The second-order valence-corrected chi connectivity index (χ2v) is 4.84. The zero-order valence-corrected chi connectivity index (χ0v) is 10.3. The zero-order chi connectivity index (χ0) is 11.6. The number of nitrogens with one attached hydrogen (secondary N) is 1. The molecule has 0 radical (unpaired) electrons. The van der Waals surface area contributed by atoms with Gasteiger partial charge in [-0.3, -0.25) is 4.79 Å². The molecule has 0 heterocycles. The quantitative estimate of drug-likeness (QED) is 0.904. The third kappa shape index (κ3) is 1.83. The second-order valence-electron chi connectivity index (χ2n) is 3.98. The van der Waals surface area contributed by atoms with Crippen molar-refractivity contribution in [2.24, 2.45) is 5.41 Å². The molecule has 0 spiro atoms. The third-order valence-electron chi connectivity index (χ3n) is 2.98. The average Bonchev–Trinajstić information content (AvgIpc) is 2.21. The standard InChI is InChI=1S/C12H11BrN2O/c13-9-4-1-2-5-10(9)15-11(16)12(8-14)6-3-7-12/h1-2,4-5H,3,6-7H2,(H,15,16). The fourth-order valence-corrected chi connectivity index (χ4v) is 2.11. The maximum atomic E-state index is 11.9. The summed E-state index contributed by atoms with van der Waals surface area (Å²) >= 11 is 3.36. The van der Waals surface area contributed by atoms with Crippen LogP contribution in [0, 0.1) is 16.7 Å². The maximum absolute atomic E-state index is 11.9. The minimum atomic E-state index is -0.796. The number of hydrogen-bond donors (Lipinski definition) is 1. The van der Waals surface area contributed by atoms with Gasteiger partial charge in [-0.15, -0.1) is 0 Å². The summed E-state index contributed by atoms with van der Waals surface area (Å²) < 4.78 is 0.829. The highest BCUT2D eigenvalue weighted by molar-refractivity contribution is 9.10. The first-order valence-electron chi connectivity index (χ1n) is 5.15. The molecule has 1 aliphatic carbocycles. The number of hydrogen-bond acceptors (Lipinski definition) is 2. The van der Waals surface area contributed by atoms with Gasteiger partial charge in [0.25, 0.3) is 0 Å². The molecule has 4 heteroatoms. The van der Waals surface area contributed by atoms with Crippen LogP contribution in [-0.2, 0) is 4.79 Å². The molecular formula is C12H11BrN2O. The minimum Gasteiger partial charge on any atom is -0.324 e. The normalized spacial score (nSPS) is 17.0. The molecule has 16 heavy (non-hydrogen) atoms. The van der Waals surface area contributed by atoms with E-state index in [2.05, 4.69) is 27.3 Å².